The van der Waals surface area contributed by atoms with Gasteiger partial charge in [0, 0.05) is 6.54 Å². The molecule has 8 heteroatoms. The second-order valence-electron chi connectivity index (χ2n) is 5.71. The van der Waals surface area contributed by atoms with Crippen molar-refractivity contribution >= 4 is 11.9 Å². The Bertz CT molecular complexity index is 910. The fourth-order valence-corrected chi connectivity index (χ4v) is 2.42. The van der Waals surface area contributed by atoms with Gasteiger partial charge in [0.25, 0.3) is 5.91 Å². The number of benzene rings is 2. The molecule has 0 aliphatic rings. The van der Waals surface area contributed by atoms with E-state index in [9.17, 15) is 14.7 Å². The molecule has 27 heavy (non-hydrogen) atoms. The average Bonchev–Trinajstić information content (AvgIpc) is 3.09. The molecule has 0 fully saturated rings. The first-order chi connectivity index (χ1) is 13.1. The maximum Gasteiger partial charge on any atom is 0.333 e. The van der Waals surface area contributed by atoms with Gasteiger partial charge < -0.3 is 10.4 Å². The van der Waals surface area contributed by atoms with E-state index in [1.807, 2.05) is 48.5 Å². The summed E-state index contributed by atoms with van der Waals surface area (Å²) in [5, 5.41) is 16.6. The van der Waals surface area contributed by atoms with Crippen molar-refractivity contribution in [3.05, 3.63) is 78.1 Å². The summed E-state index contributed by atoms with van der Waals surface area (Å²) in [5.41, 5.74) is 6.05. The fraction of sp³-hybridized carbons (Fsp3) is 0.105. The molecule has 2 aromatic carbocycles. The van der Waals surface area contributed by atoms with E-state index in [2.05, 4.69) is 21.3 Å². The van der Waals surface area contributed by atoms with Gasteiger partial charge in [-0.15, -0.1) is 0 Å². The van der Waals surface area contributed by atoms with E-state index in [1.54, 1.807) is 12.1 Å². The van der Waals surface area contributed by atoms with Crippen LogP contribution in [0.5, 0.6) is 5.75 Å². The van der Waals surface area contributed by atoms with Crippen LogP contribution in [0.2, 0.25) is 0 Å². The van der Waals surface area contributed by atoms with Gasteiger partial charge >= 0.3 is 6.03 Å². The largest absolute Gasteiger partial charge is 0.504 e. The summed E-state index contributed by atoms with van der Waals surface area (Å²) in [4.78, 5) is 23.9. The molecule has 0 radical (unpaired) electrons. The molecule has 4 N–H and O–H groups in total. The Morgan fingerprint density at radius 1 is 0.963 bits per heavy atom. The van der Waals surface area contributed by atoms with Crippen molar-refractivity contribution in [1.82, 2.24) is 25.9 Å². The van der Waals surface area contributed by atoms with Crippen LogP contribution in [0.15, 0.2) is 66.9 Å². The molecular formula is C19H19N5O3. The van der Waals surface area contributed by atoms with E-state index < -0.39 is 11.9 Å². The zero-order chi connectivity index (χ0) is 19.1. The number of rotatable bonds is 5. The minimum Gasteiger partial charge on any atom is -0.504 e. The number of hydrazine groups is 1. The van der Waals surface area contributed by atoms with Crippen LogP contribution in [0, 0.1) is 0 Å². The minimum atomic E-state index is -0.722. The molecule has 138 valence electrons. The molecule has 0 spiro atoms. The average molecular weight is 365 g/mol. The van der Waals surface area contributed by atoms with Crippen molar-refractivity contribution in [1.29, 1.82) is 0 Å². The third-order valence-electron chi connectivity index (χ3n) is 3.76. The van der Waals surface area contributed by atoms with Crippen LogP contribution < -0.4 is 16.2 Å². The predicted molar refractivity (Wildman–Crippen MR) is 99.4 cm³/mol. The molecule has 1 aromatic heterocycles. The number of para-hydroxylation sites is 1. The Morgan fingerprint density at radius 3 is 2.33 bits per heavy atom. The lowest BCUT2D eigenvalue weighted by Gasteiger charge is -2.08. The van der Waals surface area contributed by atoms with E-state index >= 15 is 0 Å². The number of nitrogens with zero attached hydrogens (tertiary/aromatic N) is 2. The highest BCUT2D eigenvalue weighted by Gasteiger charge is 2.17. The summed E-state index contributed by atoms with van der Waals surface area (Å²) in [6.07, 6.45) is 1.99. The Hall–Kier alpha value is -3.81. The highest BCUT2D eigenvalue weighted by molar-refractivity contribution is 5.95. The van der Waals surface area contributed by atoms with Gasteiger partial charge in [0.1, 0.15) is 0 Å². The second kappa shape index (κ2) is 8.52. The second-order valence-corrected chi connectivity index (χ2v) is 5.71. The standard InChI is InChI=1S/C19H19N5O3/c25-16-13-24(15-9-5-2-6-10-15)23-17(16)18(26)21-22-19(27)20-12-11-14-7-3-1-4-8-14/h1-10,13,25H,11-12H2,(H,21,26)(H2,20,22,27). The molecule has 0 atom stereocenters. The predicted octanol–water partition coefficient (Wildman–Crippen LogP) is 1.76. The smallest absolute Gasteiger partial charge is 0.333 e. The van der Waals surface area contributed by atoms with E-state index in [0.29, 0.717) is 18.7 Å². The molecule has 0 saturated heterocycles. The molecule has 1 heterocycles. The number of hydrogen-bond acceptors (Lipinski definition) is 4. The zero-order valence-corrected chi connectivity index (χ0v) is 14.4. The van der Waals surface area contributed by atoms with Crippen molar-refractivity contribution in [3.8, 4) is 11.4 Å². The summed E-state index contributed by atoms with van der Waals surface area (Å²) in [5.74, 6) is -1.01. The monoisotopic (exact) mass is 365 g/mol. The molecule has 3 amide bonds. The van der Waals surface area contributed by atoms with Crippen molar-refractivity contribution in [2.75, 3.05) is 6.54 Å². The minimum absolute atomic E-state index is 0.191. The van der Waals surface area contributed by atoms with Gasteiger partial charge in [-0.25, -0.2) is 14.9 Å². The summed E-state index contributed by atoms with van der Waals surface area (Å²) < 4.78 is 1.38. The maximum absolute atomic E-state index is 12.1. The molecule has 0 aliphatic carbocycles. The highest BCUT2D eigenvalue weighted by Crippen LogP contribution is 2.17. The van der Waals surface area contributed by atoms with Gasteiger partial charge in [-0.05, 0) is 24.1 Å². The Kier molecular flexibility index (Phi) is 5.68. The third kappa shape index (κ3) is 4.85. The van der Waals surface area contributed by atoms with Gasteiger partial charge in [-0.2, -0.15) is 5.10 Å². The van der Waals surface area contributed by atoms with Crippen molar-refractivity contribution in [2.24, 2.45) is 0 Å². The van der Waals surface area contributed by atoms with Crippen molar-refractivity contribution in [2.45, 2.75) is 6.42 Å². The van der Waals surface area contributed by atoms with E-state index in [-0.39, 0.29) is 11.4 Å². The zero-order valence-electron chi connectivity index (χ0n) is 14.4. The van der Waals surface area contributed by atoms with E-state index in [4.69, 9.17) is 0 Å². The van der Waals surface area contributed by atoms with Crippen LogP contribution in [-0.2, 0) is 6.42 Å². The van der Waals surface area contributed by atoms with Gasteiger partial charge in [0.15, 0.2) is 11.4 Å². The van der Waals surface area contributed by atoms with Crippen LogP contribution in [0.4, 0.5) is 4.79 Å². The fourth-order valence-electron chi connectivity index (χ4n) is 2.42. The molecule has 0 aliphatic heterocycles. The van der Waals surface area contributed by atoms with Crippen molar-refractivity contribution in [3.63, 3.8) is 0 Å². The molecule has 0 unspecified atom stereocenters. The summed E-state index contributed by atoms with van der Waals surface area (Å²) in [6, 6.07) is 18.2. The third-order valence-corrected chi connectivity index (χ3v) is 3.76. The maximum atomic E-state index is 12.1. The molecule has 0 saturated carbocycles. The van der Waals surface area contributed by atoms with Crippen LogP contribution in [-0.4, -0.2) is 33.4 Å². The van der Waals surface area contributed by atoms with Gasteiger partial charge in [-0.1, -0.05) is 48.5 Å². The van der Waals surface area contributed by atoms with Gasteiger partial charge in [0.2, 0.25) is 0 Å². The Balaban J connectivity index is 1.49. The SMILES string of the molecule is O=C(NCCc1ccccc1)NNC(=O)c1nn(-c2ccccc2)cc1O. The summed E-state index contributed by atoms with van der Waals surface area (Å²) in [7, 11) is 0. The van der Waals surface area contributed by atoms with E-state index in [1.165, 1.54) is 10.9 Å². The topological polar surface area (TPSA) is 108 Å². The highest BCUT2D eigenvalue weighted by atomic mass is 16.3. The van der Waals surface area contributed by atoms with Crippen LogP contribution in [0.3, 0.4) is 0 Å². The lowest BCUT2D eigenvalue weighted by atomic mass is 10.1. The van der Waals surface area contributed by atoms with Crippen molar-refractivity contribution < 1.29 is 14.7 Å². The number of nitrogens with one attached hydrogen (secondary N) is 3. The number of carbonyl (C=O) groups excluding carboxylic acids is 2. The number of aromatic hydroxyl groups is 1. The quantitative estimate of drug-likeness (QED) is 0.517. The van der Waals surface area contributed by atoms with E-state index in [0.717, 1.165) is 5.56 Å². The number of aromatic nitrogens is 2. The normalized spacial score (nSPS) is 10.2. The van der Waals surface area contributed by atoms with Crippen LogP contribution in [0.1, 0.15) is 16.1 Å². The molecular weight excluding hydrogens is 346 g/mol. The lowest BCUT2D eigenvalue weighted by Crippen LogP contribution is -2.47. The summed E-state index contributed by atoms with van der Waals surface area (Å²) >= 11 is 0. The molecule has 3 rings (SSSR count). The lowest BCUT2D eigenvalue weighted by molar-refractivity contribution is 0.0928. The number of amides is 3. The number of carbonyl (C=O) groups is 2. The number of hydrogen-bond donors (Lipinski definition) is 4. The van der Waals surface area contributed by atoms with Gasteiger partial charge in [0.05, 0.1) is 11.9 Å². The summed E-state index contributed by atoms with van der Waals surface area (Å²) in [6.45, 7) is 0.416. The first-order valence-electron chi connectivity index (χ1n) is 8.35. The molecule has 0 bridgehead atoms. The van der Waals surface area contributed by atoms with Gasteiger partial charge in [-0.3, -0.25) is 10.2 Å². The molecule has 8 nitrogen and oxygen atoms in total. The van der Waals surface area contributed by atoms with Crippen LogP contribution in [0.25, 0.3) is 5.69 Å². The van der Waals surface area contributed by atoms with Crippen LogP contribution >= 0.6 is 0 Å². The first kappa shape index (κ1) is 18.0. The molecule has 3 aromatic rings. The Morgan fingerprint density at radius 2 is 1.63 bits per heavy atom. The number of urea groups is 1. The Labute approximate surface area is 155 Å². The first-order valence-corrected chi connectivity index (χ1v) is 8.35.